The van der Waals surface area contributed by atoms with Gasteiger partial charge in [-0.2, -0.15) is 13.2 Å². The third kappa shape index (κ3) is 2.63. The summed E-state index contributed by atoms with van der Waals surface area (Å²) in [5.74, 6) is -2.24. The van der Waals surface area contributed by atoms with Crippen molar-refractivity contribution in [2.24, 2.45) is 0 Å². The first kappa shape index (κ1) is 15.0. The highest BCUT2D eigenvalue weighted by Crippen LogP contribution is 2.41. The zero-order valence-corrected chi connectivity index (χ0v) is 11.5. The van der Waals surface area contributed by atoms with Gasteiger partial charge in [0.2, 0.25) is 0 Å². The molecule has 0 heterocycles. The van der Waals surface area contributed by atoms with Crippen molar-refractivity contribution in [2.45, 2.75) is 12.6 Å². The van der Waals surface area contributed by atoms with Crippen LogP contribution in [0.3, 0.4) is 0 Å². The number of halogens is 3. The molecule has 8 heteroatoms. The van der Waals surface area contributed by atoms with Crippen LogP contribution in [0.15, 0.2) is 36.4 Å². The zero-order chi connectivity index (χ0) is 16.8. The molecule has 0 aliphatic heterocycles. The third-order valence-electron chi connectivity index (χ3n) is 3.61. The third-order valence-corrected chi connectivity index (χ3v) is 3.61. The number of anilines is 1. The van der Waals surface area contributed by atoms with Gasteiger partial charge in [0.25, 0.3) is 5.69 Å². The summed E-state index contributed by atoms with van der Waals surface area (Å²) in [7, 11) is 0. The molecule has 1 amide bonds. The van der Waals surface area contributed by atoms with Crippen molar-refractivity contribution in [3.8, 4) is 11.1 Å². The van der Waals surface area contributed by atoms with E-state index in [0.29, 0.717) is 17.5 Å². The molecule has 23 heavy (non-hydrogen) atoms. The highest BCUT2D eigenvalue weighted by atomic mass is 19.4. The van der Waals surface area contributed by atoms with Crippen molar-refractivity contribution >= 4 is 17.3 Å². The van der Waals surface area contributed by atoms with E-state index in [1.807, 2.05) is 12.1 Å². The quantitative estimate of drug-likeness (QED) is 0.578. The number of nitro benzene ring substituents is 1. The number of carbonyl (C=O) groups is 1. The zero-order valence-electron chi connectivity index (χ0n) is 11.5. The molecule has 0 saturated carbocycles. The SMILES string of the molecule is O=C(Nc1cc2c(cc1[N+](=O)[O-])Cc1ccccc1-2)C(F)(F)F. The molecule has 2 aromatic carbocycles. The second-order valence-corrected chi connectivity index (χ2v) is 5.07. The van der Waals surface area contributed by atoms with Crippen molar-refractivity contribution < 1.29 is 22.9 Å². The lowest BCUT2D eigenvalue weighted by Gasteiger charge is -2.10. The summed E-state index contributed by atoms with van der Waals surface area (Å²) < 4.78 is 37.2. The lowest BCUT2D eigenvalue weighted by atomic mass is 10.0. The van der Waals surface area contributed by atoms with Crippen molar-refractivity contribution in [3.63, 3.8) is 0 Å². The molecule has 1 aliphatic carbocycles. The van der Waals surface area contributed by atoms with Crippen LogP contribution in [0.1, 0.15) is 11.1 Å². The van der Waals surface area contributed by atoms with Crippen molar-refractivity contribution in [1.29, 1.82) is 0 Å². The largest absolute Gasteiger partial charge is 0.471 e. The maximum absolute atomic E-state index is 12.4. The number of hydrogen-bond acceptors (Lipinski definition) is 3. The number of hydrogen-bond donors (Lipinski definition) is 1. The minimum Gasteiger partial charge on any atom is -0.312 e. The van der Waals surface area contributed by atoms with Crippen molar-refractivity contribution in [3.05, 3.63) is 57.6 Å². The summed E-state index contributed by atoms with van der Waals surface area (Å²) >= 11 is 0. The highest BCUT2D eigenvalue weighted by Gasteiger charge is 2.40. The number of nitro groups is 1. The lowest BCUT2D eigenvalue weighted by Crippen LogP contribution is -2.30. The van der Waals surface area contributed by atoms with E-state index in [-0.39, 0.29) is 0 Å². The number of nitrogens with zero attached hydrogens (tertiary/aromatic N) is 1. The van der Waals surface area contributed by atoms with Gasteiger partial charge < -0.3 is 5.32 Å². The molecule has 118 valence electrons. The van der Waals surface area contributed by atoms with Crippen LogP contribution in [-0.2, 0) is 11.2 Å². The fourth-order valence-corrected chi connectivity index (χ4v) is 2.62. The van der Waals surface area contributed by atoms with E-state index in [0.717, 1.165) is 11.1 Å². The van der Waals surface area contributed by atoms with Gasteiger partial charge >= 0.3 is 12.1 Å². The van der Waals surface area contributed by atoms with Gasteiger partial charge in [0.05, 0.1) is 4.92 Å². The minimum atomic E-state index is -5.12. The fraction of sp³-hybridized carbons (Fsp3) is 0.133. The Kier molecular flexibility index (Phi) is 3.32. The van der Waals surface area contributed by atoms with Crippen molar-refractivity contribution in [2.75, 3.05) is 5.32 Å². The number of alkyl halides is 3. The van der Waals surface area contributed by atoms with Crippen LogP contribution in [0, 0.1) is 10.1 Å². The Morgan fingerprint density at radius 1 is 1.13 bits per heavy atom. The lowest BCUT2D eigenvalue weighted by molar-refractivity contribution is -0.384. The Balaban J connectivity index is 2.10. The van der Waals surface area contributed by atoms with E-state index in [1.165, 1.54) is 12.1 Å². The fourth-order valence-electron chi connectivity index (χ4n) is 2.62. The van der Waals surface area contributed by atoms with Gasteiger partial charge in [-0.3, -0.25) is 14.9 Å². The maximum Gasteiger partial charge on any atom is 0.471 e. The molecule has 2 aromatic rings. The van der Waals surface area contributed by atoms with Crippen LogP contribution in [0.25, 0.3) is 11.1 Å². The molecule has 0 saturated heterocycles. The Labute approximate surface area is 127 Å². The Morgan fingerprint density at radius 2 is 1.83 bits per heavy atom. The molecule has 0 fully saturated rings. The normalized spacial score (nSPS) is 12.5. The maximum atomic E-state index is 12.4. The van der Waals surface area contributed by atoms with E-state index >= 15 is 0 Å². The van der Waals surface area contributed by atoms with Crippen LogP contribution >= 0.6 is 0 Å². The topological polar surface area (TPSA) is 72.2 Å². The average Bonchev–Trinajstić information content (AvgIpc) is 2.83. The number of fused-ring (bicyclic) bond motifs is 3. The Hall–Kier alpha value is -2.90. The molecule has 0 atom stereocenters. The van der Waals surface area contributed by atoms with Gasteiger partial charge in [0, 0.05) is 6.07 Å². The molecule has 3 rings (SSSR count). The van der Waals surface area contributed by atoms with E-state index in [9.17, 15) is 28.1 Å². The predicted octanol–water partition coefficient (Wildman–Crippen LogP) is 3.67. The molecule has 1 N–H and O–H groups in total. The first-order valence-electron chi connectivity index (χ1n) is 6.55. The first-order valence-corrected chi connectivity index (χ1v) is 6.55. The van der Waals surface area contributed by atoms with Gasteiger partial charge in [-0.05, 0) is 34.7 Å². The van der Waals surface area contributed by atoms with Crippen LogP contribution < -0.4 is 5.32 Å². The van der Waals surface area contributed by atoms with Crippen LogP contribution in [0.4, 0.5) is 24.5 Å². The van der Waals surface area contributed by atoms with E-state index in [4.69, 9.17) is 0 Å². The number of rotatable bonds is 2. The van der Waals surface area contributed by atoms with Gasteiger partial charge in [-0.25, -0.2) is 0 Å². The standard InChI is InChI=1S/C15H9F3N2O3/c16-15(17,18)14(21)19-12-7-11-9(6-13(12)20(22)23)5-8-3-1-2-4-10(8)11/h1-4,6-7H,5H2,(H,19,21). The highest BCUT2D eigenvalue weighted by molar-refractivity contribution is 5.98. The minimum absolute atomic E-state index is 0.458. The monoisotopic (exact) mass is 322 g/mol. The Bertz CT molecular complexity index is 831. The predicted molar refractivity (Wildman–Crippen MR) is 76.0 cm³/mol. The summed E-state index contributed by atoms with van der Waals surface area (Å²) in [5, 5.41) is 12.7. The summed E-state index contributed by atoms with van der Waals surface area (Å²) in [5.41, 5.74) is 1.92. The number of benzene rings is 2. The molecule has 0 unspecified atom stereocenters. The second-order valence-electron chi connectivity index (χ2n) is 5.07. The Morgan fingerprint density at radius 3 is 2.48 bits per heavy atom. The van der Waals surface area contributed by atoms with Gasteiger partial charge in [-0.15, -0.1) is 0 Å². The summed E-state index contributed by atoms with van der Waals surface area (Å²) in [6, 6.07) is 9.64. The van der Waals surface area contributed by atoms with Gasteiger partial charge in [-0.1, -0.05) is 24.3 Å². The first-order chi connectivity index (χ1) is 10.8. The second kappa shape index (κ2) is 5.08. The molecule has 0 aromatic heterocycles. The van der Waals surface area contributed by atoms with Gasteiger partial charge in [0.1, 0.15) is 5.69 Å². The van der Waals surface area contributed by atoms with Crippen LogP contribution in [-0.4, -0.2) is 17.0 Å². The molecular formula is C15H9F3N2O3. The van der Waals surface area contributed by atoms with Gasteiger partial charge in [0.15, 0.2) is 0 Å². The molecule has 0 radical (unpaired) electrons. The molecule has 0 spiro atoms. The number of nitrogens with one attached hydrogen (secondary N) is 1. The smallest absolute Gasteiger partial charge is 0.312 e. The van der Waals surface area contributed by atoms with E-state index in [2.05, 4.69) is 0 Å². The molecular weight excluding hydrogens is 313 g/mol. The van der Waals surface area contributed by atoms with Crippen LogP contribution in [0.5, 0.6) is 0 Å². The number of amides is 1. The number of carbonyl (C=O) groups excluding carboxylic acids is 1. The molecule has 5 nitrogen and oxygen atoms in total. The molecule has 1 aliphatic rings. The average molecular weight is 322 g/mol. The molecule has 0 bridgehead atoms. The van der Waals surface area contributed by atoms with E-state index < -0.39 is 28.4 Å². The van der Waals surface area contributed by atoms with Crippen LogP contribution in [0.2, 0.25) is 0 Å². The van der Waals surface area contributed by atoms with E-state index in [1.54, 1.807) is 17.4 Å². The summed E-state index contributed by atoms with van der Waals surface area (Å²) in [6.45, 7) is 0. The summed E-state index contributed by atoms with van der Waals surface area (Å²) in [6.07, 6.45) is -4.66. The summed E-state index contributed by atoms with van der Waals surface area (Å²) in [4.78, 5) is 21.4. The van der Waals surface area contributed by atoms with Crippen molar-refractivity contribution in [1.82, 2.24) is 0 Å².